The van der Waals surface area contributed by atoms with E-state index in [0.29, 0.717) is 33.3 Å². The average molecular weight is 616 g/mol. The van der Waals surface area contributed by atoms with E-state index in [1.165, 1.54) is 0 Å². The fourth-order valence-electron chi connectivity index (χ4n) is 3.92. The van der Waals surface area contributed by atoms with E-state index >= 15 is 0 Å². The minimum absolute atomic E-state index is 0. The number of hydrogen-bond donors (Lipinski definition) is 2. The van der Waals surface area contributed by atoms with Crippen molar-refractivity contribution in [1.29, 1.82) is 0 Å². The maximum absolute atomic E-state index is 10.3. The van der Waals surface area contributed by atoms with Crippen LogP contribution < -0.4 is 0 Å². The molecule has 0 amide bonds. The van der Waals surface area contributed by atoms with E-state index in [9.17, 15) is 10.2 Å². The second kappa shape index (κ2) is 8.23. The van der Waals surface area contributed by atoms with Gasteiger partial charge in [0.15, 0.2) is 11.2 Å². The predicted molar refractivity (Wildman–Crippen MR) is 121 cm³/mol. The van der Waals surface area contributed by atoms with Gasteiger partial charge in [-0.05, 0) is 24.3 Å². The van der Waals surface area contributed by atoms with Crippen molar-refractivity contribution in [2.45, 2.75) is 0 Å². The number of rotatable bonds is 3. The van der Waals surface area contributed by atoms with E-state index < -0.39 is 0 Å². The number of phenols is 2. The molecule has 4 aromatic carbocycles. The monoisotopic (exact) mass is 615 g/mol. The summed E-state index contributed by atoms with van der Waals surface area (Å²) >= 11 is 0. The summed E-state index contributed by atoms with van der Waals surface area (Å²) in [5.74, 6) is 0.807. The third kappa shape index (κ3) is 3.49. The Morgan fingerprint density at radius 3 is 1.30 bits per heavy atom. The minimum Gasteiger partial charge on any atom is -0.507 e. The maximum atomic E-state index is 10.3. The first-order chi connectivity index (χ1) is 15.7. The molecule has 2 N–H and O–H groups in total. The molecule has 164 valence electrons. The van der Waals surface area contributed by atoms with Crippen molar-refractivity contribution in [3.8, 4) is 45.5 Å². The van der Waals surface area contributed by atoms with Gasteiger partial charge in [-0.15, -0.1) is 0 Å². The summed E-state index contributed by atoms with van der Waals surface area (Å²) in [6.45, 7) is 0. The molecular formula is C26H16N2O4Pt. The molecule has 0 bridgehead atoms. The van der Waals surface area contributed by atoms with Gasteiger partial charge in [0.2, 0.25) is 0 Å². The Bertz CT molecular complexity index is 1500. The third-order valence-electron chi connectivity index (χ3n) is 5.41. The van der Waals surface area contributed by atoms with Crippen LogP contribution in [0.5, 0.6) is 11.5 Å². The molecule has 0 aliphatic rings. The normalized spacial score (nSPS) is 11.0. The van der Waals surface area contributed by atoms with Crippen LogP contribution in [0.4, 0.5) is 0 Å². The number of aromatic hydroxyl groups is 2. The Labute approximate surface area is 202 Å². The molecule has 0 saturated carbocycles. The van der Waals surface area contributed by atoms with Crippen LogP contribution in [-0.2, 0) is 21.1 Å². The van der Waals surface area contributed by atoms with E-state index in [2.05, 4.69) is 9.97 Å². The Morgan fingerprint density at radius 2 is 0.879 bits per heavy atom. The van der Waals surface area contributed by atoms with Crippen LogP contribution in [-0.4, -0.2) is 20.2 Å². The molecule has 2 heterocycles. The topological polar surface area (TPSA) is 92.5 Å². The number of fused-ring (bicyclic) bond motifs is 2. The van der Waals surface area contributed by atoms with E-state index in [4.69, 9.17) is 8.83 Å². The number of aromatic nitrogens is 2. The van der Waals surface area contributed by atoms with Gasteiger partial charge < -0.3 is 19.0 Å². The molecule has 2 aromatic heterocycles. The number of benzene rings is 4. The molecule has 0 saturated heterocycles. The molecule has 0 radical (unpaired) electrons. The van der Waals surface area contributed by atoms with Gasteiger partial charge in [-0.1, -0.05) is 60.7 Å². The third-order valence-corrected chi connectivity index (χ3v) is 5.41. The quantitative estimate of drug-likeness (QED) is 0.240. The Kier molecular flexibility index (Phi) is 5.23. The molecule has 0 aliphatic carbocycles. The fourth-order valence-corrected chi connectivity index (χ4v) is 3.92. The van der Waals surface area contributed by atoms with Crippen LogP contribution >= 0.6 is 0 Å². The van der Waals surface area contributed by atoms with Crippen molar-refractivity contribution in [3.05, 3.63) is 84.9 Å². The zero-order chi connectivity index (χ0) is 21.7. The molecule has 6 aromatic rings. The van der Waals surface area contributed by atoms with Gasteiger partial charge in [0.05, 0.1) is 0 Å². The Balaban J connectivity index is 0.00000228. The first-order valence-electron chi connectivity index (χ1n) is 10.1. The summed E-state index contributed by atoms with van der Waals surface area (Å²) < 4.78 is 11.9. The number of para-hydroxylation sites is 4. The van der Waals surface area contributed by atoms with E-state index in [1.807, 2.05) is 60.7 Å². The van der Waals surface area contributed by atoms with Gasteiger partial charge in [0, 0.05) is 43.3 Å². The van der Waals surface area contributed by atoms with Gasteiger partial charge >= 0.3 is 0 Å². The zero-order valence-electron chi connectivity index (χ0n) is 17.0. The molecule has 0 unspecified atom stereocenters. The van der Waals surface area contributed by atoms with Crippen molar-refractivity contribution in [3.63, 3.8) is 0 Å². The second-order valence-corrected chi connectivity index (χ2v) is 7.38. The fraction of sp³-hybridized carbons (Fsp3) is 0. The summed E-state index contributed by atoms with van der Waals surface area (Å²) in [6, 6.07) is 25.3. The van der Waals surface area contributed by atoms with Gasteiger partial charge in [-0.3, -0.25) is 0 Å². The second-order valence-electron chi connectivity index (χ2n) is 7.38. The SMILES string of the molecule is Oc1ccccc1-c1cccc2oc(-c3nc4c(-c5ccccc5O)cccc4o3)nc12.[Pt]. The molecule has 6 nitrogen and oxygen atoms in total. The van der Waals surface area contributed by atoms with Crippen LogP contribution in [0.2, 0.25) is 0 Å². The van der Waals surface area contributed by atoms with Crippen molar-refractivity contribution in [1.82, 2.24) is 9.97 Å². The number of nitrogens with zero attached hydrogens (tertiary/aromatic N) is 2. The molecular weight excluding hydrogens is 599 g/mol. The summed E-state index contributed by atoms with van der Waals surface area (Å²) in [5.41, 5.74) is 5.16. The minimum atomic E-state index is 0. The van der Waals surface area contributed by atoms with E-state index in [-0.39, 0.29) is 44.3 Å². The maximum Gasteiger partial charge on any atom is 0.284 e. The molecule has 0 spiro atoms. The standard InChI is InChI=1S/C26H16N2O4.Pt/c29-19-11-3-1-7-15(19)17-9-5-13-21-23(17)27-25(31-21)26-28-24-18(10-6-14-22(24)32-26)16-8-2-4-12-20(16)30;/h1-14,29-30H;. The first kappa shape index (κ1) is 21.0. The summed E-state index contributed by atoms with van der Waals surface area (Å²) in [4.78, 5) is 9.26. The molecule has 7 heteroatoms. The average Bonchev–Trinajstić information content (AvgIpc) is 3.44. The Morgan fingerprint density at radius 1 is 0.485 bits per heavy atom. The Hall–Kier alpha value is -3.89. The van der Waals surface area contributed by atoms with Gasteiger partial charge in [0.1, 0.15) is 22.5 Å². The zero-order valence-corrected chi connectivity index (χ0v) is 19.3. The van der Waals surface area contributed by atoms with Crippen LogP contribution in [0, 0.1) is 0 Å². The van der Waals surface area contributed by atoms with Crippen molar-refractivity contribution in [2.75, 3.05) is 0 Å². The largest absolute Gasteiger partial charge is 0.507 e. The number of hydrogen-bond acceptors (Lipinski definition) is 6. The summed E-state index contributed by atoms with van der Waals surface area (Å²) in [5, 5.41) is 20.6. The summed E-state index contributed by atoms with van der Waals surface area (Å²) in [6.07, 6.45) is 0. The molecule has 0 aliphatic heterocycles. The van der Waals surface area contributed by atoms with Crippen molar-refractivity contribution in [2.24, 2.45) is 0 Å². The number of oxazole rings is 2. The molecule has 6 rings (SSSR count). The molecule has 0 fully saturated rings. The van der Waals surface area contributed by atoms with Crippen LogP contribution in [0.25, 0.3) is 56.2 Å². The number of phenolic OH excluding ortho intramolecular Hbond substituents is 2. The summed E-state index contributed by atoms with van der Waals surface area (Å²) in [7, 11) is 0. The van der Waals surface area contributed by atoms with Crippen LogP contribution in [0.1, 0.15) is 0 Å². The van der Waals surface area contributed by atoms with Crippen LogP contribution in [0.3, 0.4) is 0 Å². The van der Waals surface area contributed by atoms with Gasteiger partial charge in [0.25, 0.3) is 11.8 Å². The molecule has 33 heavy (non-hydrogen) atoms. The van der Waals surface area contributed by atoms with Gasteiger partial charge in [-0.2, -0.15) is 0 Å². The van der Waals surface area contributed by atoms with Crippen molar-refractivity contribution >= 4 is 22.2 Å². The van der Waals surface area contributed by atoms with Crippen LogP contribution in [0.15, 0.2) is 93.8 Å². The molecule has 0 atom stereocenters. The van der Waals surface area contributed by atoms with Gasteiger partial charge in [-0.25, -0.2) is 9.97 Å². The van der Waals surface area contributed by atoms with E-state index in [1.54, 1.807) is 24.3 Å². The van der Waals surface area contributed by atoms with Crippen molar-refractivity contribution < 1.29 is 40.1 Å². The smallest absolute Gasteiger partial charge is 0.284 e. The van der Waals surface area contributed by atoms with E-state index in [0.717, 1.165) is 11.1 Å². The first-order valence-corrected chi connectivity index (χ1v) is 10.1. The predicted octanol–water partition coefficient (Wildman–Crippen LogP) is 6.38.